The number of nitrogens with one attached hydrogen (secondary N) is 1. The van der Waals surface area contributed by atoms with E-state index in [0.717, 1.165) is 11.1 Å². The summed E-state index contributed by atoms with van der Waals surface area (Å²) in [5.41, 5.74) is 7.30. The molecule has 1 aromatic rings. The molecule has 0 heterocycles. The lowest BCUT2D eigenvalue weighted by molar-refractivity contribution is -0.120. The Balaban J connectivity index is 2.50. The summed E-state index contributed by atoms with van der Waals surface area (Å²) in [4.78, 5) is 11.6. The van der Waals surface area contributed by atoms with Crippen molar-refractivity contribution in [3.63, 3.8) is 0 Å². The lowest BCUT2D eigenvalue weighted by atomic mass is 10.0. The van der Waals surface area contributed by atoms with Gasteiger partial charge in [-0.2, -0.15) is 0 Å². The molecular formula is C11H17N3O3S. The Hall–Kier alpha value is -1.44. The van der Waals surface area contributed by atoms with Crippen molar-refractivity contribution in [1.29, 1.82) is 0 Å². The van der Waals surface area contributed by atoms with Crippen molar-refractivity contribution in [1.82, 2.24) is 5.32 Å². The van der Waals surface area contributed by atoms with Crippen LogP contribution < -0.4 is 16.2 Å². The molecule has 0 saturated heterocycles. The topological polar surface area (TPSA) is 115 Å². The van der Waals surface area contributed by atoms with E-state index in [-0.39, 0.29) is 24.6 Å². The fourth-order valence-electron chi connectivity index (χ4n) is 1.50. The molecule has 0 radical (unpaired) electrons. The van der Waals surface area contributed by atoms with Gasteiger partial charge in [-0.25, -0.2) is 13.6 Å². The van der Waals surface area contributed by atoms with Gasteiger partial charge in [-0.1, -0.05) is 24.3 Å². The summed E-state index contributed by atoms with van der Waals surface area (Å²) in [6.45, 7) is 0.378. The first-order valence-corrected chi connectivity index (χ1v) is 7.18. The van der Waals surface area contributed by atoms with Crippen LogP contribution in [0, 0.1) is 0 Å². The summed E-state index contributed by atoms with van der Waals surface area (Å²) >= 11 is 0. The van der Waals surface area contributed by atoms with Gasteiger partial charge in [0.05, 0.1) is 12.2 Å². The maximum absolute atomic E-state index is 11.6. The lowest BCUT2D eigenvalue weighted by Crippen LogP contribution is -2.32. The van der Waals surface area contributed by atoms with E-state index in [4.69, 9.17) is 10.9 Å². The van der Waals surface area contributed by atoms with Crippen LogP contribution in [0.4, 0.5) is 0 Å². The van der Waals surface area contributed by atoms with E-state index in [1.165, 1.54) is 0 Å². The molecule has 0 aromatic heterocycles. The first-order valence-electron chi connectivity index (χ1n) is 5.46. The van der Waals surface area contributed by atoms with Crippen LogP contribution in [-0.2, 0) is 27.8 Å². The molecule has 0 saturated carbocycles. The highest BCUT2D eigenvalue weighted by Gasteiger charge is 2.08. The molecule has 7 heteroatoms. The highest BCUT2D eigenvalue weighted by molar-refractivity contribution is 7.89. The molecule has 5 N–H and O–H groups in total. The normalized spacial score (nSPS) is 11.2. The molecule has 0 aliphatic rings. The van der Waals surface area contributed by atoms with E-state index in [1.807, 2.05) is 24.3 Å². The second-order valence-electron chi connectivity index (χ2n) is 3.87. The Morgan fingerprint density at radius 3 is 2.39 bits per heavy atom. The highest BCUT2D eigenvalue weighted by Crippen LogP contribution is 2.08. The van der Waals surface area contributed by atoms with Gasteiger partial charge in [0.1, 0.15) is 0 Å². The number of nitrogens with two attached hydrogens (primary N) is 2. The number of hydrogen-bond donors (Lipinski definition) is 3. The largest absolute Gasteiger partial charge is 0.355 e. The molecule has 100 valence electrons. The number of sulfonamides is 1. The SMILES string of the molecule is NCc1ccccc1CC(=O)NCCS(N)(=O)=O. The van der Waals surface area contributed by atoms with Crippen LogP contribution in [-0.4, -0.2) is 26.6 Å². The fraction of sp³-hybridized carbons (Fsp3) is 0.364. The number of carbonyl (C=O) groups excluding carboxylic acids is 1. The second kappa shape index (κ2) is 6.48. The predicted octanol–water partition coefficient (Wildman–Crippen LogP) is -0.907. The number of primary sulfonamides is 1. The molecule has 0 spiro atoms. The quantitative estimate of drug-likeness (QED) is 0.621. The second-order valence-corrected chi connectivity index (χ2v) is 5.60. The van der Waals surface area contributed by atoms with Crippen LogP contribution in [0.5, 0.6) is 0 Å². The standard InChI is InChI=1S/C11H17N3O3S/c12-8-10-4-2-1-3-9(10)7-11(15)14-5-6-18(13,16)17/h1-4H,5-8,12H2,(H,14,15)(H2,13,16,17). The van der Waals surface area contributed by atoms with Gasteiger partial charge in [-0.15, -0.1) is 0 Å². The molecule has 0 aliphatic heterocycles. The molecule has 0 unspecified atom stereocenters. The minimum Gasteiger partial charge on any atom is -0.355 e. The smallest absolute Gasteiger partial charge is 0.224 e. The molecule has 1 rings (SSSR count). The molecule has 1 amide bonds. The van der Waals surface area contributed by atoms with E-state index < -0.39 is 10.0 Å². The van der Waals surface area contributed by atoms with Gasteiger partial charge >= 0.3 is 0 Å². The lowest BCUT2D eigenvalue weighted by Gasteiger charge is -2.08. The van der Waals surface area contributed by atoms with Crippen LogP contribution in [0.2, 0.25) is 0 Å². The van der Waals surface area contributed by atoms with Gasteiger partial charge in [0.2, 0.25) is 15.9 Å². The zero-order valence-corrected chi connectivity index (χ0v) is 10.7. The molecule has 0 fully saturated rings. The summed E-state index contributed by atoms with van der Waals surface area (Å²) < 4.78 is 21.4. The third-order valence-corrected chi connectivity index (χ3v) is 3.17. The third-order valence-electron chi connectivity index (χ3n) is 2.40. The Labute approximate surface area is 106 Å². The first-order chi connectivity index (χ1) is 8.42. The van der Waals surface area contributed by atoms with Crippen LogP contribution >= 0.6 is 0 Å². The van der Waals surface area contributed by atoms with E-state index in [2.05, 4.69) is 5.32 Å². The number of rotatable bonds is 6. The number of hydrogen-bond acceptors (Lipinski definition) is 4. The van der Waals surface area contributed by atoms with Gasteiger partial charge in [-0.05, 0) is 11.1 Å². The van der Waals surface area contributed by atoms with Gasteiger partial charge < -0.3 is 11.1 Å². The summed E-state index contributed by atoms with van der Waals surface area (Å²) in [6.07, 6.45) is 0.179. The highest BCUT2D eigenvalue weighted by atomic mass is 32.2. The average molecular weight is 271 g/mol. The monoisotopic (exact) mass is 271 g/mol. The van der Waals surface area contributed by atoms with Crippen molar-refractivity contribution in [3.05, 3.63) is 35.4 Å². The van der Waals surface area contributed by atoms with Gasteiger partial charge in [0, 0.05) is 13.1 Å². The zero-order chi connectivity index (χ0) is 13.6. The minimum absolute atomic E-state index is 0.0163. The van der Waals surface area contributed by atoms with E-state index >= 15 is 0 Å². The average Bonchev–Trinajstić information content (AvgIpc) is 2.28. The number of amides is 1. The summed E-state index contributed by atoms with van der Waals surface area (Å²) in [7, 11) is -3.54. The van der Waals surface area contributed by atoms with Crippen molar-refractivity contribution < 1.29 is 13.2 Å². The molecular weight excluding hydrogens is 254 g/mol. The van der Waals surface area contributed by atoms with Crippen molar-refractivity contribution >= 4 is 15.9 Å². The van der Waals surface area contributed by atoms with Gasteiger partial charge in [-0.3, -0.25) is 4.79 Å². The molecule has 0 aliphatic carbocycles. The molecule has 1 aromatic carbocycles. The van der Waals surface area contributed by atoms with Crippen molar-refractivity contribution in [3.8, 4) is 0 Å². The third kappa shape index (κ3) is 5.26. The molecule has 0 atom stereocenters. The molecule has 0 bridgehead atoms. The van der Waals surface area contributed by atoms with E-state index in [0.29, 0.717) is 6.54 Å². The summed E-state index contributed by atoms with van der Waals surface area (Å²) in [5, 5.41) is 7.32. The van der Waals surface area contributed by atoms with Gasteiger partial charge in [0.25, 0.3) is 0 Å². The zero-order valence-electron chi connectivity index (χ0n) is 9.93. The number of benzene rings is 1. The molecule has 18 heavy (non-hydrogen) atoms. The Kier molecular flexibility index (Phi) is 5.26. The maximum Gasteiger partial charge on any atom is 0.224 e. The Morgan fingerprint density at radius 2 is 1.83 bits per heavy atom. The Bertz CT molecular complexity index is 514. The van der Waals surface area contributed by atoms with Crippen LogP contribution in [0.15, 0.2) is 24.3 Å². The Morgan fingerprint density at radius 1 is 1.22 bits per heavy atom. The number of carbonyl (C=O) groups is 1. The van der Waals surface area contributed by atoms with E-state index in [9.17, 15) is 13.2 Å². The summed E-state index contributed by atoms with van der Waals surface area (Å²) in [6, 6.07) is 7.35. The van der Waals surface area contributed by atoms with Crippen LogP contribution in [0.1, 0.15) is 11.1 Å². The van der Waals surface area contributed by atoms with Gasteiger partial charge in [0.15, 0.2) is 0 Å². The van der Waals surface area contributed by atoms with Crippen molar-refractivity contribution in [2.75, 3.05) is 12.3 Å². The summed E-state index contributed by atoms with van der Waals surface area (Å²) in [5.74, 6) is -0.517. The predicted molar refractivity (Wildman–Crippen MR) is 69.0 cm³/mol. The van der Waals surface area contributed by atoms with E-state index in [1.54, 1.807) is 0 Å². The molecule has 6 nitrogen and oxygen atoms in total. The van der Waals surface area contributed by atoms with Crippen LogP contribution in [0.3, 0.4) is 0 Å². The van der Waals surface area contributed by atoms with Crippen molar-refractivity contribution in [2.45, 2.75) is 13.0 Å². The minimum atomic E-state index is -3.54. The fourth-order valence-corrected chi connectivity index (χ4v) is 1.88. The maximum atomic E-state index is 11.6. The van der Waals surface area contributed by atoms with Crippen LogP contribution in [0.25, 0.3) is 0 Å². The van der Waals surface area contributed by atoms with Crippen molar-refractivity contribution in [2.24, 2.45) is 10.9 Å². The first kappa shape index (κ1) is 14.6.